The Bertz CT molecular complexity index is 221. The zero-order valence-electron chi connectivity index (χ0n) is 8.90. The highest BCUT2D eigenvalue weighted by molar-refractivity contribution is 5.87. The van der Waals surface area contributed by atoms with Crippen molar-refractivity contribution in [1.82, 2.24) is 5.32 Å². The van der Waals surface area contributed by atoms with Crippen molar-refractivity contribution in [3.8, 4) is 0 Å². The van der Waals surface area contributed by atoms with Crippen molar-refractivity contribution < 1.29 is 14.7 Å². The van der Waals surface area contributed by atoms with E-state index >= 15 is 0 Å². The largest absolute Gasteiger partial charge is 0.393 e. The first kappa shape index (κ1) is 13.9. The van der Waals surface area contributed by atoms with Gasteiger partial charge >= 0.3 is 0 Å². The van der Waals surface area contributed by atoms with Crippen molar-refractivity contribution in [2.45, 2.75) is 38.3 Å². The van der Waals surface area contributed by atoms with Crippen LogP contribution < -0.4 is 16.8 Å². The van der Waals surface area contributed by atoms with E-state index in [9.17, 15) is 14.7 Å². The maximum atomic E-state index is 11.2. The zero-order valence-corrected chi connectivity index (χ0v) is 8.90. The number of hydrogen-bond acceptors (Lipinski definition) is 4. The van der Waals surface area contributed by atoms with Crippen LogP contribution >= 0.6 is 0 Å². The van der Waals surface area contributed by atoms with Gasteiger partial charge in [0.05, 0.1) is 18.6 Å². The molecule has 0 spiro atoms. The van der Waals surface area contributed by atoms with Crippen LogP contribution in [0.4, 0.5) is 0 Å². The number of carbonyl (C=O) groups is 2. The van der Waals surface area contributed by atoms with Crippen molar-refractivity contribution in [2.75, 3.05) is 6.54 Å². The molecule has 88 valence electrons. The molecule has 0 radical (unpaired) electrons. The zero-order chi connectivity index (χ0) is 11.8. The van der Waals surface area contributed by atoms with Crippen molar-refractivity contribution in [3.63, 3.8) is 0 Å². The lowest BCUT2D eigenvalue weighted by Gasteiger charge is -2.12. The van der Waals surface area contributed by atoms with E-state index in [4.69, 9.17) is 11.5 Å². The van der Waals surface area contributed by atoms with Crippen LogP contribution in [0.2, 0.25) is 0 Å². The third-order valence-corrected chi connectivity index (χ3v) is 2.01. The third-order valence-electron chi connectivity index (χ3n) is 2.01. The number of aliphatic hydroxyl groups excluding tert-OH is 1. The summed E-state index contributed by atoms with van der Waals surface area (Å²) in [4.78, 5) is 21.7. The summed E-state index contributed by atoms with van der Waals surface area (Å²) in [6, 6.07) is -0.902. The van der Waals surface area contributed by atoms with E-state index in [0.717, 1.165) is 0 Å². The average Bonchev–Trinajstić information content (AvgIpc) is 2.16. The molecule has 0 bridgehead atoms. The van der Waals surface area contributed by atoms with E-state index in [1.807, 2.05) is 6.92 Å². The highest BCUT2D eigenvalue weighted by Crippen LogP contribution is 1.95. The third kappa shape index (κ3) is 6.87. The molecular weight excluding hydrogens is 198 g/mol. The molecule has 0 fully saturated rings. The van der Waals surface area contributed by atoms with Crippen LogP contribution in [0, 0.1) is 0 Å². The van der Waals surface area contributed by atoms with E-state index in [1.165, 1.54) is 0 Å². The molecule has 2 amide bonds. The maximum absolute atomic E-state index is 11.2. The molecule has 0 aliphatic carbocycles. The molecule has 0 heterocycles. The molecular formula is C9H19N3O3. The molecule has 0 aliphatic heterocycles. The Morgan fingerprint density at radius 2 is 2.07 bits per heavy atom. The molecule has 0 aromatic rings. The summed E-state index contributed by atoms with van der Waals surface area (Å²) in [7, 11) is 0. The highest BCUT2D eigenvalue weighted by Gasteiger charge is 2.15. The van der Waals surface area contributed by atoms with Crippen LogP contribution in [0.15, 0.2) is 0 Å². The summed E-state index contributed by atoms with van der Waals surface area (Å²) in [5.74, 6) is -1.02. The fourth-order valence-electron chi connectivity index (χ4n) is 1.01. The van der Waals surface area contributed by atoms with E-state index in [0.29, 0.717) is 19.4 Å². The standard InChI is InChI=1S/C9H19N3O3/c1-2-6(13)3-4-12-9(15)7(10)5-8(11)14/h6-7,13H,2-5,10H2,1H3,(H2,11,14)(H,12,15). The molecule has 0 aromatic heterocycles. The monoisotopic (exact) mass is 217 g/mol. The summed E-state index contributed by atoms with van der Waals surface area (Å²) in [5, 5.41) is 11.7. The summed E-state index contributed by atoms with van der Waals surface area (Å²) < 4.78 is 0. The predicted octanol–water partition coefficient (Wildman–Crippen LogP) is -1.53. The number of nitrogens with one attached hydrogen (secondary N) is 1. The first-order chi connectivity index (χ1) is 6.97. The van der Waals surface area contributed by atoms with Gasteiger partial charge in [0.2, 0.25) is 11.8 Å². The molecule has 0 aromatic carbocycles. The van der Waals surface area contributed by atoms with Crippen LogP contribution in [0.1, 0.15) is 26.2 Å². The molecule has 15 heavy (non-hydrogen) atoms. The van der Waals surface area contributed by atoms with Crippen LogP contribution in [0.3, 0.4) is 0 Å². The van der Waals surface area contributed by atoms with Gasteiger partial charge in [0.15, 0.2) is 0 Å². The van der Waals surface area contributed by atoms with Gasteiger partial charge in [0, 0.05) is 6.54 Å². The molecule has 6 N–H and O–H groups in total. The Morgan fingerprint density at radius 1 is 1.47 bits per heavy atom. The van der Waals surface area contributed by atoms with Gasteiger partial charge in [-0.1, -0.05) is 6.92 Å². The molecule has 0 aliphatic rings. The average molecular weight is 217 g/mol. The van der Waals surface area contributed by atoms with E-state index in [-0.39, 0.29) is 6.42 Å². The Kier molecular flexibility index (Phi) is 6.64. The van der Waals surface area contributed by atoms with Gasteiger partial charge in [-0.05, 0) is 12.8 Å². The lowest BCUT2D eigenvalue weighted by atomic mass is 10.2. The van der Waals surface area contributed by atoms with Crippen molar-refractivity contribution >= 4 is 11.8 Å². The summed E-state index contributed by atoms with van der Waals surface area (Å²) in [5.41, 5.74) is 10.3. The molecule has 0 saturated heterocycles. The van der Waals surface area contributed by atoms with Gasteiger partial charge in [-0.15, -0.1) is 0 Å². The highest BCUT2D eigenvalue weighted by atomic mass is 16.3. The maximum Gasteiger partial charge on any atom is 0.237 e. The quantitative estimate of drug-likeness (QED) is 0.413. The van der Waals surface area contributed by atoms with Crippen molar-refractivity contribution in [1.29, 1.82) is 0 Å². The summed E-state index contributed by atoms with van der Waals surface area (Å²) in [6.45, 7) is 2.20. The second kappa shape index (κ2) is 7.19. The number of carbonyl (C=O) groups excluding carboxylic acids is 2. The van der Waals surface area contributed by atoms with E-state index in [2.05, 4.69) is 5.32 Å². The SMILES string of the molecule is CCC(O)CCNC(=O)C(N)CC(N)=O. The first-order valence-corrected chi connectivity index (χ1v) is 4.97. The Balaban J connectivity index is 3.69. The Hall–Kier alpha value is -1.14. The summed E-state index contributed by atoms with van der Waals surface area (Å²) in [6.07, 6.45) is 0.536. The van der Waals surface area contributed by atoms with Crippen molar-refractivity contribution in [2.24, 2.45) is 11.5 Å². The lowest BCUT2D eigenvalue weighted by molar-refractivity contribution is -0.126. The fourth-order valence-corrected chi connectivity index (χ4v) is 1.01. The molecule has 2 atom stereocenters. The Morgan fingerprint density at radius 3 is 2.53 bits per heavy atom. The minimum atomic E-state index is -0.902. The second-order valence-electron chi connectivity index (χ2n) is 3.42. The van der Waals surface area contributed by atoms with E-state index < -0.39 is 24.0 Å². The van der Waals surface area contributed by atoms with Gasteiger partial charge in [0.25, 0.3) is 0 Å². The van der Waals surface area contributed by atoms with Gasteiger partial charge in [0.1, 0.15) is 0 Å². The van der Waals surface area contributed by atoms with E-state index in [1.54, 1.807) is 0 Å². The van der Waals surface area contributed by atoms with Gasteiger partial charge < -0.3 is 21.9 Å². The molecule has 0 rings (SSSR count). The minimum absolute atomic E-state index is 0.165. The predicted molar refractivity (Wildman–Crippen MR) is 55.7 cm³/mol. The number of primary amides is 1. The van der Waals surface area contributed by atoms with Crippen molar-refractivity contribution in [3.05, 3.63) is 0 Å². The number of aliphatic hydroxyl groups is 1. The fraction of sp³-hybridized carbons (Fsp3) is 0.778. The molecule has 6 nitrogen and oxygen atoms in total. The first-order valence-electron chi connectivity index (χ1n) is 4.97. The number of nitrogens with two attached hydrogens (primary N) is 2. The molecule has 6 heteroatoms. The van der Waals surface area contributed by atoms with Crippen LogP contribution in [0.5, 0.6) is 0 Å². The summed E-state index contributed by atoms with van der Waals surface area (Å²) >= 11 is 0. The number of hydrogen-bond donors (Lipinski definition) is 4. The van der Waals surface area contributed by atoms with Crippen LogP contribution in [-0.2, 0) is 9.59 Å². The van der Waals surface area contributed by atoms with Gasteiger partial charge in [-0.2, -0.15) is 0 Å². The lowest BCUT2D eigenvalue weighted by Crippen LogP contribution is -2.43. The smallest absolute Gasteiger partial charge is 0.237 e. The minimum Gasteiger partial charge on any atom is -0.393 e. The molecule has 0 saturated carbocycles. The normalized spacial score (nSPS) is 14.3. The van der Waals surface area contributed by atoms with Crippen LogP contribution in [0.25, 0.3) is 0 Å². The van der Waals surface area contributed by atoms with Gasteiger partial charge in [-0.25, -0.2) is 0 Å². The number of rotatable bonds is 7. The molecule has 2 unspecified atom stereocenters. The topological polar surface area (TPSA) is 118 Å². The second-order valence-corrected chi connectivity index (χ2v) is 3.42. The Labute approximate surface area is 89.0 Å². The number of amides is 2. The van der Waals surface area contributed by atoms with Gasteiger partial charge in [-0.3, -0.25) is 9.59 Å². The van der Waals surface area contributed by atoms with Crippen LogP contribution in [-0.4, -0.2) is 35.6 Å².